The van der Waals surface area contributed by atoms with Crippen LogP contribution in [0.1, 0.15) is 18.1 Å². The molecule has 246 valence electrons. The van der Waals surface area contributed by atoms with Crippen LogP contribution in [-0.4, -0.2) is 14.8 Å². The summed E-state index contributed by atoms with van der Waals surface area (Å²) in [5.74, 6) is 0.473. The Bertz CT molecular complexity index is 3070. The lowest BCUT2D eigenvalue weighted by Crippen LogP contribution is -2.14. The highest BCUT2D eigenvalue weighted by Crippen LogP contribution is 2.41. The van der Waals surface area contributed by atoms with Crippen molar-refractivity contribution in [1.29, 1.82) is 0 Å². The Balaban J connectivity index is 1.15. The summed E-state index contributed by atoms with van der Waals surface area (Å²) in [4.78, 5) is 4.96. The molecule has 0 aliphatic heterocycles. The third kappa shape index (κ3) is 4.58. The number of para-hydroxylation sites is 2. The van der Waals surface area contributed by atoms with Crippen molar-refractivity contribution in [1.82, 2.24) is 8.97 Å². The van der Waals surface area contributed by atoms with E-state index in [4.69, 9.17) is 10.7 Å². The van der Waals surface area contributed by atoms with Gasteiger partial charge in [-0.1, -0.05) is 140 Å². The Morgan fingerprint density at radius 3 is 1.85 bits per heavy atom. The molecule has 0 aliphatic carbocycles. The van der Waals surface area contributed by atoms with Gasteiger partial charge in [0.05, 0.1) is 33.3 Å². The molecule has 10 aromatic rings. The lowest BCUT2D eigenvalue weighted by Gasteiger charge is -2.12. The van der Waals surface area contributed by atoms with Crippen LogP contribution in [0.25, 0.3) is 82.4 Å². The predicted molar refractivity (Wildman–Crippen MR) is 221 cm³/mol. The van der Waals surface area contributed by atoms with Gasteiger partial charge in [-0.3, -0.25) is 0 Å². The number of allylic oxidation sites excluding steroid dienone is 1. The Hall–Kier alpha value is -6.91. The normalized spacial score (nSPS) is 12.6. The molecule has 4 heteroatoms. The molecule has 0 spiro atoms. The van der Waals surface area contributed by atoms with Crippen LogP contribution in [0.2, 0.25) is 0 Å². The van der Waals surface area contributed by atoms with Crippen LogP contribution >= 0.6 is 0 Å². The van der Waals surface area contributed by atoms with Crippen LogP contribution < -0.4 is 5.73 Å². The number of aromatic nitrogens is 2. The van der Waals surface area contributed by atoms with Crippen molar-refractivity contribution in [3.05, 3.63) is 187 Å². The number of hydrogen-bond acceptors (Lipinski definition) is 1. The first kappa shape index (κ1) is 30.0. The van der Waals surface area contributed by atoms with Gasteiger partial charge in [-0.25, -0.2) is 4.99 Å². The average Bonchev–Trinajstić information content (AvgIpc) is 3.77. The van der Waals surface area contributed by atoms with Gasteiger partial charge in [0, 0.05) is 38.2 Å². The summed E-state index contributed by atoms with van der Waals surface area (Å²) in [6.45, 7) is 2.01. The van der Waals surface area contributed by atoms with Crippen LogP contribution in [-0.2, 0) is 0 Å². The summed E-state index contributed by atoms with van der Waals surface area (Å²) in [7, 11) is 0. The molecule has 10 rings (SSSR count). The number of amidine groups is 1. The summed E-state index contributed by atoms with van der Waals surface area (Å²) < 4.78 is 4.83. The molecule has 0 saturated carbocycles. The first-order chi connectivity index (χ1) is 25.7. The molecule has 3 aromatic heterocycles. The minimum absolute atomic E-state index is 0.473. The number of hydrogen-bond donors (Lipinski definition) is 1. The highest BCUT2D eigenvalue weighted by atomic mass is 15.0. The highest BCUT2D eigenvalue weighted by Gasteiger charge is 2.19. The van der Waals surface area contributed by atoms with E-state index in [0.29, 0.717) is 5.84 Å². The van der Waals surface area contributed by atoms with Gasteiger partial charge in [-0.15, -0.1) is 0 Å². The Morgan fingerprint density at radius 1 is 0.481 bits per heavy atom. The zero-order chi connectivity index (χ0) is 34.8. The fourth-order valence-corrected chi connectivity index (χ4v) is 8.06. The van der Waals surface area contributed by atoms with E-state index in [9.17, 15) is 0 Å². The van der Waals surface area contributed by atoms with E-state index in [2.05, 4.69) is 167 Å². The van der Waals surface area contributed by atoms with Gasteiger partial charge in [0.1, 0.15) is 5.84 Å². The lowest BCUT2D eigenvalue weighted by atomic mass is 10.0. The van der Waals surface area contributed by atoms with Crippen molar-refractivity contribution in [2.75, 3.05) is 0 Å². The first-order valence-corrected chi connectivity index (χ1v) is 17.7. The molecule has 0 atom stereocenters. The molecule has 4 nitrogen and oxygen atoms in total. The monoisotopic (exact) mass is 666 g/mol. The molecule has 3 heterocycles. The Morgan fingerprint density at radius 2 is 1.10 bits per heavy atom. The number of fused-ring (bicyclic) bond motifs is 12. The minimum Gasteiger partial charge on any atom is -0.383 e. The van der Waals surface area contributed by atoms with E-state index in [1.165, 1.54) is 65.5 Å². The Labute approximate surface area is 301 Å². The summed E-state index contributed by atoms with van der Waals surface area (Å²) in [5.41, 5.74) is 18.9. The molecule has 0 fully saturated rings. The van der Waals surface area contributed by atoms with Crippen molar-refractivity contribution >= 4 is 71.4 Å². The van der Waals surface area contributed by atoms with Crippen molar-refractivity contribution in [3.63, 3.8) is 0 Å². The summed E-state index contributed by atoms with van der Waals surface area (Å²) >= 11 is 0. The molecule has 0 radical (unpaired) electrons. The number of nitrogens with zero attached hydrogens (tertiary/aromatic N) is 3. The highest BCUT2D eigenvalue weighted by molar-refractivity contribution is 6.22. The van der Waals surface area contributed by atoms with Gasteiger partial charge >= 0.3 is 0 Å². The second-order valence-electron chi connectivity index (χ2n) is 13.3. The molecule has 0 saturated heterocycles. The first-order valence-electron chi connectivity index (χ1n) is 17.7. The number of benzene rings is 7. The third-order valence-electron chi connectivity index (χ3n) is 10.5. The van der Waals surface area contributed by atoms with Crippen LogP contribution in [0.5, 0.6) is 0 Å². The number of rotatable bonds is 5. The molecular formula is C48H34N4. The summed E-state index contributed by atoms with van der Waals surface area (Å²) in [6, 6.07) is 60.5. The minimum atomic E-state index is 0.473. The van der Waals surface area contributed by atoms with Gasteiger partial charge in [-0.2, -0.15) is 0 Å². The topological polar surface area (TPSA) is 47.7 Å². The van der Waals surface area contributed by atoms with Crippen molar-refractivity contribution < 1.29 is 0 Å². The van der Waals surface area contributed by atoms with Crippen molar-refractivity contribution in [3.8, 4) is 16.8 Å². The molecule has 2 N–H and O–H groups in total. The smallest absolute Gasteiger partial charge is 0.131 e. The van der Waals surface area contributed by atoms with E-state index >= 15 is 0 Å². The molecule has 0 amide bonds. The number of nitrogens with two attached hydrogens (primary N) is 1. The molecule has 0 aliphatic rings. The Kier molecular flexibility index (Phi) is 6.83. The van der Waals surface area contributed by atoms with Gasteiger partial charge in [0.25, 0.3) is 0 Å². The fraction of sp³-hybridized carbons (Fsp3) is 0.0208. The standard InChI is InChI=1S/C48H34N4/c1-2-42(33-25-23-32(24-26-33)31-13-4-3-5-14-31)50-48(49)34-15-12-16-35(29-34)51-43-21-10-9-20-39(43)40-27-28-45-41(47(40)51)30-46-38-19-7-6-17-36(38)37-18-8-11-22-44(37)52(45)46/h2-30H,1H3,(H2,49,50)/b42-2-. The molecular weight excluding hydrogens is 633 g/mol. The van der Waals surface area contributed by atoms with Crippen LogP contribution in [0, 0.1) is 0 Å². The molecule has 0 unspecified atom stereocenters. The number of pyridine rings is 1. The van der Waals surface area contributed by atoms with Gasteiger partial charge in [0.15, 0.2) is 0 Å². The molecule has 0 bridgehead atoms. The van der Waals surface area contributed by atoms with Crippen molar-refractivity contribution in [2.45, 2.75) is 6.92 Å². The van der Waals surface area contributed by atoms with E-state index in [-0.39, 0.29) is 0 Å². The van der Waals surface area contributed by atoms with E-state index < -0.39 is 0 Å². The lowest BCUT2D eigenvalue weighted by molar-refractivity contribution is 1.18. The molecule has 52 heavy (non-hydrogen) atoms. The maximum atomic E-state index is 6.82. The van der Waals surface area contributed by atoms with Crippen LogP contribution in [0.4, 0.5) is 0 Å². The van der Waals surface area contributed by atoms with E-state index in [1.54, 1.807) is 0 Å². The molecule has 7 aromatic carbocycles. The predicted octanol–water partition coefficient (Wildman–Crippen LogP) is 11.9. The summed E-state index contributed by atoms with van der Waals surface area (Å²) in [5, 5.41) is 7.39. The quantitative estimate of drug-likeness (QED) is 0.111. The third-order valence-corrected chi connectivity index (χ3v) is 10.5. The van der Waals surface area contributed by atoms with E-state index in [1.807, 2.05) is 25.1 Å². The van der Waals surface area contributed by atoms with Crippen LogP contribution in [0.3, 0.4) is 0 Å². The maximum Gasteiger partial charge on any atom is 0.131 e. The average molecular weight is 667 g/mol. The van der Waals surface area contributed by atoms with Gasteiger partial charge < -0.3 is 14.7 Å². The zero-order valence-electron chi connectivity index (χ0n) is 28.7. The second kappa shape index (κ2) is 11.9. The SMILES string of the molecule is C/C=C(\N=C(N)c1cccc(-n2c3ccccc3c3ccc4c(cc5c6ccccc6c6ccccc6n54)c32)c1)c1ccc(-c2ccccc2)cc1. The van der Waals surface area contributed by atoms with Gasteiger partial charge in [-0.05, 0) is 65.4 Å². The van der Waals surface area contributed by atoms with Crippen molar-refractivity contribution in [2.24, 2.45) is 10.7 Å². The maximum absolute atomic E-state index is 6.82. The van der Waals surface area contributed by atoms with E-state index in [0.717, 1.165) is 28.0 Å². The summed E-state index contributed by atoms with van der Waals surface area (Å²) in [6.07, 6.45) is 2.02. The largest absolute Gasteiger partial charge is 0.383 e. The number of aliphatic imine (C=N–C) groups is 1. The second-order valence-corrected chi connectivity index (χ2v) is 13.3. The zero-order valence-corrected chi connectivity index (χ0v) is 28.7. The van der Waals surface area contributed by atoms with Crippen LogP contribution in [0.15, 0.2) is 181 Å². The van der Waals surface area contributed by atoms with Gasteiger partial charge in [0.2, 0.25) is 0 Å². The fourth-order valence-electron chi connectivity index (χ4n) is 8.06.